The predicted octanol–water partition coefficient (Wildman–Crippen LogP) is 3.66. The zero-order valence-corrected chi connectivity index (χ0v) is 11.5. The molecule has 0 saturated carbocycles. The number of hydrogen-bond donors (Lipinski definition) is 2. The van der Waals surface area contributed by atoms with Crippen LogP contribution in [-0.4, -0.2) is 17.0 Å². The van der Waals surface area contributed by atoms with Crippen molar-refractivity contribution in [2.45, 2.75) is 6.92 Å². The van der Waals surface area contributed by atoms with E-state index in [0.717, 1.165) is 0 Å². The van der Waals surface area contributed by atoms with Crippen LogP contribution in [0.5, 0.6) is 0 Å². The first-order valence-corrected chi connectivity index (χ1v) is 6.63. The van der Waals surface area contributed by atoms with Crippen LogP contribution in [-0.2, 0) is 0 Å². The number of aryl methyl sites for hydroxylation is 1. The Balaban J connectivity index is 2.25. The molecule has 0 aliphatic rings. The molecule has 2 aromatic rings. The van der Waals surface area contributed by atoms with Crippen molar-refractivity contribution in [2.24, 2.45) is 0 Å². The van der Waals surface area contributed by atoms with Gasteiger partial charge in [-0.25, -0.2) is 4.79 Å². The molecule has 0 spiro atoms. The lowest BCUT2D eigenvalue weighted by Gasteiger charge is -2.07. The van der Waals surface area contributed by atoms with Crippen molar-refractivity contribution >= 4 is 40.5 Å². The quantitative estimate of drug-likeness (QED) is 0.908. The van der Waals surface area contributed by atoms with Crippen molar-refractivity contribution in [2.75, 3.05) is 5.32 Å². The summed E-state index contributed by atoms with van der Waals surface area (Å²) in [6.07, 6.45) is 0. The summed E-state index contributed by atoms with van der Waals surface area (Å²) in [6.45, 7) is 1.70. The molecule has 0 saturated heterocycles. The number of carboxylic acids is 1. The monoisotopic (exact) mass is 295 g/mol. The number of nitrogens with one attached hydrogen (secondary N) is 1. The normalized spacial score (nSPS) is 10.2. The average molecular weight is 296 g/mol. The second-order valence-electron chi connectivity index (χ2n) is 3.89. The largest absolute Gasteiger partial charge is 0.478 e. The first kappa shape index (κ1) is 13.6. The molecule has 0 unspecified atom stereocenters. The summed E-state index contributed by atoms with van der Waals surface area (Å²) < 4.78 is 0. The SMILES string of the molecule is Cc1ccc(NC(=O)c2sccc2Cl)cc1C(=O)O. The van der Waals surface area contributed by atoms with Crippen LogP contribution in [0.15, 0.2) is 29.6 Å². The average Bonchev–Trinajstić information content (AvgIpc) is 2.77. The topological polar surface area (TPSA) is 66.4 Å². The number of carbonyl (C=O) groups excluding carboxylic acids is 1. The van der Waals surface area contributed by atoms with Crippen molar-refractivity contribution in [1.82, 2.24) is 0 Å². The van der Waals surface area contributed by atoms with Crippen LogP contribution >= 0.6 is 22.9 Å². The number of thiophene rings is 1. The summed E-state index contributed by atoms with van der Waals surface area (Å²) in [4.78, 5) is 23.3. The third kappa shape index (κ3) is 2.94. The minimum absolute atomic E-state index is 0.162. The van der Waals surface area contributed by atoms with Gasteiger partial charge in [0.25, 0.3) is 5.91 Å². The van der Waals surface area contributed by atoms with E-state index in [9.17, 15) is 9.59 Å². The van der Waals surface area contributed by atoms with E-state index in [0.29, 0.717) is 21.2 Å². The van der Waals surface area contributed by atoms with Gasteiger partial charge in [-0.2, -0.15) is 0 Å². The van der Waals surface area contributed by atoms with Crippen LogP contribution in [0.1, 0.15) is 25.6 Å². The molecular weight excluding hydrogens is 286 g/mol. The van der Waals surface area contributed by atoms with Crippen molar-refractivity contribution in [3.8, 4) is 0 Å². The van der Waals surface area contributed by atoms with Crippen LogP contribution in [0.3, 0.4) is 0 Å². The third-order valence-electron chi connectivity index (χ3n) is 2.55. The molecule has 0 aliphatic heterocycles. The van der Waals surface area contributed by atoms with Gasteiger partial charge in [0.05, 0.1) is 10.6 Å². The Labute approximate surface area is 118 Å². The number of anilines is 1. The van der Waals surface area contributed by atoms with E-state index in [-0.39, 0.29) is 11.5 Å². The van der Waals surface area contributed by atoms with E-state index >= 15 is 0 Å². The number of aromatic carboxylic acids is 1. The summed E-state index contributed by atoms with van der Waals surface area (Å²) in [5, 5.41) is 13.8. The minimum atomic E-state index is -1.03. The Morgan fingerprint density at radius 3 is 2.63 bits per heavy atom. The number of rotatable bonds is 3. The predicted molar refractivity (Wildman–Crippen MR) is 75.4 cm³/mol. The first-order valence-electron chi connectivity index (χ1n) is 5.37. The molecule has 1 aromatic carbocycles. The molecular formula is C13H10ClNO3S. The number of amides is 1. The molecule has 0 aliphatic carbocycles. The molecule has 2 N–H and O–H groups in total. The molecule has 2 rings (SSSR count). The van der Waals surface area contributed by atoms with Gasteiger partial charge in [-0.3, -0.25) is 4.79 Å². The Kier molecular flexibility index (Phi) is 3.87. The van der Waals surface area contributed by atoms with Crippen molar-refractivity contribution in [3.05, 3.63) is 50.7 Å². The lowest BCUT2D eigenvalue weighted by molar-refractivity contribution is 0.0695. The molecule has 0 atom stereocenters. The number of hydrogen-bond acceptors (Lipinski definition) is 3. The second-order valence-corrected chi connectivity index (χ2v) is 5.21. The zero-order chi connectivity index (χ0) is 14.0. The maximum absolute atomic E-state index is 11.9. The highest BCUT2D eigenvalue weighted by Crippen LogP contribution is 2.23. The molecule has 98 valence electrons. The maximum Gasteiger partial charge on any atom is 0.336 e. The van der Waals surface area contributed by atoms with Crippen molar-refractivity contribution < 1.29 is 14.7 Å². The minimum Gasteiger partial charge on any atom is -0.478 e. The molecule has 1 aromatic heterocycles. The Hall–Kier alpha value is -1.85. The molecule has 4 nitrogen and oxygen atoms in total. The Morgan fingerprint density at radius 2 is 2.05 bits per heavy atom. The molecule has 0 fully saturated rings. The number of benzene rings is 1. The molecule has 0 bridgehead atoms. The van der Waals surface area contributed by atoms with Gasteiger partial charge >= 0.3 is 5.97 Å². The molecule has 19 heavy (non-hydrogen) atoms. The number of carbonyl (C=O) groups is 2. The Morgan fingerprint density at radius 1 is 1.32 bits per heavy atom. The van der Waals surface area contributed by atoms with Crippen LogP contribution < -0.4 is 5.32 Å². The first-order chi connectivity index (χ1) is 8.99. The van der Waals surface area contributed by atoms with Gasteiger partial charge in [-0.05, 0) is 36.1 Å². The zero-order valence-electron chi connectivity index (χ0n) is 9.94. The standard InChI is InChI=1S/C13H10ClNO3S/c1-7-2-3-8(6-9(7)13(17)18)15-12(16)11-10(14)4-5-19-11/h2-6H,1H3,(H,15,16)(H,17,18). The van der Waals surface area contributed by atoms with E-state index in [1.807, 2.05) is 0 Å². The van der Waals surface area contributed by atoms with Crippen LogP contribution in [0.2, 0.25) is 5.02 Å². The molecule has 1 heterocycles. The van der Waals surface area contributed by atoms with E-state index in [1.165, 1.54) is 17.4 Å². The van der Waals surface area contributed by atoms with Crippen molar-refractivity contribution in [1.29, 1.82) is 0 Å². The van der Waals surface area contributed by atoms with Gasteiger partial charge in [0.15, 0.2) is 0 Å². The van der Waals surface area contributed by atoms with E-state index in [2.05, 4.69) is 5.32 Å². The van der Waals surface area contributed by atoms with Crippen LogP contribution in [0, 0.1) is 6.92 Å². The highest BCUT2D eigenvalue weighted by molar-refractivity contribution is 7.12. The Bertz CT molecular complexity index is 651. The third-order valence-corrected chi connectivity index (χ3v) is 3.89. The van der Waals surface area contributed by atoms with Gasteiger partial charge in [0, 0.05) is 5.69 Å². The van der Waals surface area contributed by atoms with Gasteiger partial charge < -0.3 is 10.4 Å². The van der Waals surface area contributed by atoms with Gasteiger partial charge in [0.2, 0.25) is 0 Å². The fraction of sp³-hybridized carbons (Fsp3) is 0.0769. The summed E-state index contributed by atoms with van der Waals surface area (Å²) in [5.41, 5.74) is 1.23. The summed E-state index contributed by atoms with van der Waals surface area (Å²) in [5.74, 6) is -1.37. The number of halogens is 1. The smallest absolute Gasteiger partial charge is 0.336 e. The highest BCUT2D eigenvalue weighted by atomic mass is 35.5. The van der Waals surface area contributed by atoms with E-state index < -0.39 is 5.97 Å². The maximum atomic E-state index is 11.9. The van der Waals surface area contributed by atoms with Crippen LogP contribution in [0.4, 0.5) is 5.69 Å². The van der Waals surface area contributed by atoms with E-state index in [4.69, 9.17) is 16.7 Å². The summed E-state index contributed by atoms with van der Waals surface area (Å²) >= 11 is 7.09. The lowest BCUT2D eigenvalue weighted by atomic mass is 10.1. The molecule has 1 amide bonds. The lowest BCUT2D eigenvalue weighted by Crippen LogP contribution is -2.11. The van der Waals surface area contributed by atoms with Gasteiger partial charge in [-0.1, -0.05) is 17.7 Å². The molecule has 6 heteroatoms. The molecule has 0 radical (unpaired) electrons. The van der Waals surface area contributed by atoms with E-state index in [1.54, 1.807) is 30.5 Å². The summed E-state index contributed by atoms with van der Waals surface area (Å²) in [7, 11) is 0. The van der Waals surface area contributed by atoms with Crippen molar-refractivity contribution in [3.63, 3.8) is 0 Å². The van der Waals surface area contributed by atoms with Gasteiger partial charge in [-0.15, -0.1) is 11.3 Å². The van der Waals surface area contributed by atoms with Gasteiger partial charge in [0.1, 0.15) is 4.88 Å². The highest BCUT2D eigenvalue weighted by Gasteiger charge is 2.13. The second kappa shape index (κ2) is 5.42. The fourth-order valence-corrected chi connectivity index (χ4v) is 2.61. The summed E-state index contributed by atoms with van der Waals surface area (Å²) in [6, 6.07) is 6.37. The number of carboxylic acid groups (broad SMARTS) is 1. The van der Waals surface area contributed by atoms with Crippen LogP contribution in [0.25, 0.3) is 0 Å². The fourth-order valence-electron chi connectivity index (χ4n) is 1.57.